The number of aromatic nitrogens is 1. The monoisotopic (exact) mass is 384 g/mol. The zero-order chi connectivity index (χ0) is 20.1. The molecule has 0 radical (unpaired) electrons. The fourth-order valence-corrected chi connectivity index (χ4v) is 3.65. The van der Waals surface area contributed by atoms with Gasteiger partial charge < -0.3 is 15.4 Å². The van der Waals surface area contributed by atoms with Gasteiger partial charge in [-0.3, -0.25) is 4.79 Å². The molecule has 4 aromatic rings. The molecule has 1 aromatic heterocycles. The maximum atomic E-state index is 13.4. The van der Waals surface area contributed by atoms with E-state index in [4.69, 9.17) is 5.73 Å². The number of alkyl halides is 3. The number of nitrogens with zero attached hydrogens (tertiary/aromatic N) is 1. The largest absolute Gasteiger partial charge is 0.507 e. The third-order valence-electron chi connectivity index (χ3n) is 4.81. The lowest BCUT2D eigenvalue weighted by molar-refractivity contribution is -0.138. The highest BCUT2D eigenvalue weighted by molar-refractivity contribution is 6.19. The van der Waals surface area contributed by atoms with Gasteiger partial charge in [-0.05, 0) is 35.9 Å². The van der Waals surface area contributed by atoms with Crippen molar-refractivity contribution in [3.8, 4) is 5.75 Å². The van der Waals surface area contributed by atoms with Crippen LogP contribution >= 0.6 is 0 Å². The number of aromatic hydroxyl groups is 1. The number of carbonyl (C=O) groups is 1. The average molecular weight is 384 g/mol. The second kappa shape index (κ2) is 6.30. The molecule has 3 aromatic carbocycles. The quantitative estimate of drug-likeness (QED) is 0.539. The molecule has 0 bridgehead atoms. The van der Waals surface area contributed by atoms with Gasteiger partial charge in [0.2, 0.25) is 5.91 Å². The van der Waals surface area contributed by atoms with Crippen molar-refractivity contribution in [1.82, 2.24) is 4.57 Å². The summed E-state index contributed by atoms with van der Waals surface area (Å²) < 4.78 is 41.9. The first-order valence-corrected chi connectivity index (χ1v) is 8.47. The van der Waals surface area contributed by atoms with Crippen molar-refractivity contribution in [3.05, 3.63) is 77.4 Å². The molecule has 0 aliphatic rings. The maximum absolute atomic E-state index is 13.4. The lowest BCUT2D eigenvalue weighted by atomic mass is 10.1. The molecule has 0 fully saturated rings. The molecule has 0 spiro atoms. The summed E-state index contributed by atoms with van der Waals surface area (Å²) in [6.07, 6.45) is -4.49. The molecule has 0 atom stereocenters. The Kier molecular flexibility index (Phi) is 4.03. The van der Waals surface area contributed by atoms with E-state index < -0.39 is 17.6 Å². The van der Waals surface area contributed by atoms with Crippen LogP contribution in [0.2, 0.25) is 0 Å². The van der Waals surface area contributed by atoms with Gasteiger partial charge in [0.05, 0.1) is 22.0 Å². The number of carbonyl (C=O) groups excluding carboxylic acids is 1. The van der Waals surface area contributed by atoms with E-state index in [1.54, 1.807) is 34.9 Å². The Morgan fingerprint density at radius 2 is 1.57 bits per heavy atom. The van der Waals surface area contributed by atoms with Gasteiger partial charge in [-0.2, -0.15) is 13.2 Å². The fraction of sp³-hybridized carbons (Fsp3) is 0.0952. The Morgan fingerprint density at radius 1 is 0.929 bits per heavy atom. The van der Waals surface area contributed by atoms with Gasteiger partial charge in [0.1, 0.15) is 5.75 Å². The van der Waals surface area contributed by atoms with Crippen LogP contribution in [0, 0.1) is 0 Å². The van der Waals surface area contributed by atoms with Crippen molar-refractivity contribution in [1.29, 1.82) is 0 Å². The number of phenols is 1. The molecule has 28 heavy (non-hydrogen) atoms. The highest BCUT2D eigenvalue weighted by Crippen LogP contribution is 2.38. The van der Waals surface area contributed by atoms with Crippen molar-refractivity contribution in [3.63, 3.8) is 0 Å². The van der Waals surface area contributed by atoms with Crippen LogP contribution in [0.15, 0.2) is 60.7 Å². The van der Waals surface area contributed by atoms with Crippen LogP contribution in [-0.4, -0.2) is 15.6 Å². The number of phenolic OH excluding ortho intramolecular Hbond substituents is 1. The SMILES string of the molecule is NC(=O)c1cccc2c1c1c(O)cccc1n2Cc1ccccc1C(F)(F)F. The Labute approximate surface area is 157 Å². The predicted octanol–water partition coefficient (Wildman–Crippen LogP) is 4.67. The number of benzene rings is 3. The summed E-state index contributed by atoms with van der Waals surface area (Å²) >= 11 is 0. The van der Waals surface area contributed by atoms with Gasteiger partial charge >= 0.3 is 6.18 Å². The van der Waals surface area contributed by atoms with Crippen molar-refractivity contribution < 1.29 is 23.1 Å². The third kappa shape index (κ3) is 2.76. The van der Waals surface area contributed by atoms with Crippen LogP contribution in [0.25, 0.3) is 21.8 Å². The van der Waals surface area contributed by atoms with Crippen molar-refractivity contribution >= 4 is 27.7 Å². The average Bonchev–Trinajstić information content (AvgIpc) is 2.96. The normalized spacial score (nSPS) is 12.0. The van der Waals surface area contributed by atoms with Crippen molar-refractivity contribution in [2.75, 3.05) is 0 Å². The summed E-state index contributed by atoms with van der Waals surface area (Å²) in [7, 11) is 0. The number of rotatable bonds is 3. The number of halogens is 3. The third-order valence-corrected chi connectivity index (χ3v) is 4.81. The molecular weight excluding hydrogens is 369 g/mol. The number of hydrogen-bond acceptors (Lipinski definition) is 2. The molecule has 4 rings (SSSR count). The number of nitrogens with two attached hydrogens (primary N) is 1. The number of amides is 1. The lowest BCUT2D eigenvalue weighted by Gasteiger charge is -2.14. The Morgan fingerprint density at radius 3 is 2.25 bits per heavy atom. The summed E-state index contributed by atoms with van der Waals surface area (Å²) in [4.78, 5) is 11.9. The first kappa shape index (κ1) is 17.9. The predicted molar refractivity (Wildman–Crippen MR) is 100 cm³/mol. The fourth-order valence-electron chi connectivity index (χ4n) is 3.65. The standard InChI is InChI=1S/C21H15F3N2O2/c22-21(23,24)14-7-2-1-5-12(14)11-26-15-8-3-6-13(20(25)28)18(15)19-16(26)9-4-10-17(19)27/h1-10,27H,11H2,(H2,25,28). The van der Waals surface area contributed by atoms with Gasteiger partial charge in [-0.25, -0.2) is 0 Å². The van der Waals surface area contributed by atoms with Crippen LogP contribution in [0.1, 0.15) is 21.5 Å². The zero-order valence-electron chi connectivity index (χ0n) is 14.5. The molecule has 0 aliphatic heterocycles. The van der Waals surface area contributed by atoms with Crippen LogP contribution < -0.4 is 5.73 Å². The van der Waals surface area contributed by atoms with Crippen LogP contribution in [0.5, 0.6) is 5.75 Å². The highest BCUT2D eigenvalue weighted by atomic mass is 19.4. The molecule has 4 nitrogen and oxygen atoms in total. The van der Waals surface area contributed by atoms with E-state index in [0.717, 1.165) is 6.07 Å². The van der Waals surface area contributed by atoms with E-state index in [-0.39, 0.29) is 23.4 Å². The van der Waals surface area contributed by atoms with Gasteiger partial charge in [-0.15, -0.1) is 0 Å². The minimum Gasteiger partial charge on any atom is -0.507 e. The van der Waals surface area contributed by atoms with E-state index >= 15 is 0 Å². The van der Waals surface area contributed by atoms with Crippen LogP contribution in [0.4, 0.5) is 13.2 Å². The molecule has 3 N–H and O–H groups in total. The van der Waals surface area contributed by atoms with E-state index in [1.807, 2.05) is 0 Å². The van der Waals surface area contributed by atoms with Crippen LogP contribution in [-0.2, 0) is 12.7 Å². The topological polar surface area (TPSA) is 68.2 Å². The van der Waals surface area contributed by atoms with Gasteiger partial charge in [0.15, 0.2) is 0 Å². The summed E-state index contributed by atoms with van der Waals surface area (Å²) in [6.45, 7) is -0.0820. The van der Waals surface area contributed by atoms with Crippen LogP contribution in [0.3, 0.4) is 0 Å². The molecule has 7 heteroatoms. The van der Waals surface area contributed by atoms with Gasteiger partial charge in [-0.1, -0.05) is 30.3 Å². The van der Waals surface area contributed by atoms with Gasteiger partial charge in [0.25, 0.3) is 0 Å². The van der Waals surface area contributed by atoms with E-state index in [2.05, 4.69) is 0 Å². The molecule has 142 valence electrons. The molecule has 0 aliphatic carbocycles. The summed E-state index contributed by atoms with van der Waals surface area (Å²) in [6, 6.07) is 14.9. The molecule has 0 saturated carbocycles. The number of hydrogen-bond donors (Lipinski definition) is 2. The highest BCUT2D eigenvalue weighted by Gasteiger charge is 2.33. The van der Waals surface area contributed by atoms with E-state index in [9.17, 15) is 23.1 Å². The molecule has 0 saturated heterocycles. The zero-order valence-corrected chi connectivity index (χ0v) is 14.5. The van der Waals surface area contributed by atoms with E-state index in [0.29, 0.717) is 21.8 Å². The van der Waals surface area contributed by atoms with Crippen molar-refractivity contribution in [2.24, 2.45) is 5.73 Å². The minimum absolute atomic E-state index is 0.0703. The molecule has 1 amide bonds. The first-order chi connectivity index (χ1) is 13.3. The first-order valence-electron chi connectivity index (χ1n) is 8.47. The second-order valence-corrected chi connectivity index (χ2v) is 6.48. The maximum Gasteiger partial charge on any atom is 0.416 e. The second-order valence-electron chi connectivity index (χ2n) is 6.48. The summed E-state index contributed by atoms with van der Waals surface area (Å²) in [5, 5.41) is 11.2. The molecular formula is C21H15F3N2O2. The Hall–Kier alpha value is -3.48. The molecule has 0 unspecified atom stereocenters. The van der Waals surface area contributed by atoms with Gasteiger partial charge in [0, 0.05) is 17.5 Å². The van der Waals surface area contributed by atoms with Crippen molar-refractivity contribution in [2.45, 2.75) is 12.7 Å². The number of primary amides is 1. The lowest BCUT2D eigenvalue weighted by Crippen LogP contribution is -2.12. The summed E-state index contributed by atoms with van der Waals surface area (Å²) in [5.41, 5.74) is 6.08. The molecule has 1 heterocycles. The minimum atomic E-state index is -4.49. The number of fused-ring (bicyclic) bond motifs is 3. The Balaban J connectivity index is 2.05. The smallest absolute Gasteiger partial charge is 0.416 e. The van der Waals surface area contributed by atoms with E-state index in [1.165, 1.54) is 24.3 Å². The summed E-state index contributed by atoms with van der Waals surface area (Å²) in [5.74, 6) is -0.748. The Bertz CT molecular complexity index is 1230.